The summed E-state index contributed by atoms with van der Waals surface area (Å²) in [6.45, 7) is 4.00. The highest BCUT2D eigenvalue weighted by Crippen LogP contribution is 2.23. The normalized spacial score (nSPS) is 11.1. The van der Waals surface area contributed by atoms with E-state index in [1.807, 2.05) is 37.3 Å². The van der Waals surface area contributed by atoms with Crippen LogP contribution < -0.4 is 20.7 Å². The molecular weight excluding hydrogens is 368 g/mol. The monoisotopic (exact) mass is 398 g/mol. The molecular formula is C22H30N4O3. The molecule has 0 atom stereocenters. The number of benzene rings is 2. The number of phenols is 1. The lowest BCUT2D eigenvalue weighted by molar-refractivity contribution is 0.0963. The van der Waals surface area contributed by atoms with Gasteiger partial charge in [-0.05, 0) is 49.1 Å². The molecule has 1 amide bonds. The van der Waals surface area contributed by atoms with Gasteiger partial charge >= 0.3 is 0 Å². The largest absolute Gasteiger partial charge is 0.508 e. The summed E-state index contributed by atoms with van der Waals surface area (Å²) in [6, 6.07) is 12.9. The van der Waals surface area contributed by atoms with Crippen LogP contribution >= 0.6 is 0 Å². The number of aliphatic imine (C=N–C) groups is 1. The lowest BCUT2D eigenvalue weighted by Gasteiger charge is -2.12. The van der Waals surface area contributed by atoms with Gasteiger partial charge in [-0.15, -0.1) is 0 Å². The summed E-state index contributed by atoms with van der Waals surface area (Å²) < 4.78 is 5.10. The fourth-order valence-electron chi connectivity index (χ4n) is 2.85. The van der Waals surface area contributed by atoms with E-state index in [1.54, 1.807) is 26.3 Å². The number of guanidine groups is 1. The molecule has 7 heteroatoms. The third kappa shape index (κ3) is 7.03. The Morgan fingerprint density at radius 2 is 1.97 bits per heavy atom. The quantitative estimate of drug-likeness (QED) is 0.383. The summed E-state index contributed by atoms with van der Waals surface area (Å²) in [5.74, 6) is 1.48. The number of amides is 1. The maximum atomic E-state index is 11.7. The molecule has 2 aromatic carbocycles. The van der Waals surface area contributed by atoms with Gasteiger partial charge in [0.25, 0.3) is 5.91 Å². The number of nitrogens with one attached hydrogen (secondary N) is 3. The van der Waals surface area contributed by atoms with Crippen LogP contribution in [0.2, 0.25) is 0 Å². The topological polar surface area (TPSA) is 95.0 Å². The van der Waals surface area contributed by atoms with Crippen LogP contribution in [-0.4, -0.2) is 50.8 Å². The molecule has 2 aromatic rings. The van der Waals surface area contributed by atoms with Crippen molar-refractivity contribution < 1.29 is 14.6 Å². The first-order chi connectivity index (χ1) is 14.1. The smallest absolute Gasteiger partial charge is 0.251 e. The van der Waals surface area contributed by atoms with E-state index in [1.165, 1.54) is 0 Å². The fraction of sp³-hybridized carbons (Fsp3) is 0.364. The Morgan fingerprint density at radius 1 is 1.14 bits per heavy atom. The van der Waals surface area contributed by atoms with E-state index in [4.69, 9.17) is 4.74 Å². The first-order valence-corrected chi connectivity index (χ1v) is 9.76. The number of carbonyl (C=O) groups is 1. The van der Waals surface area contributed by atoms with Crippen LogP contribution in [0, 0.1) is 0 Å². The molecule has 0 unspecified atom stereocenters. The molecule has 0 aliphatic carbocycles. The Labute approximate surface area is 172 Å². The average Bonchev–Trinajstić information content (AvgIpc) is 2.74. The second kappa shape index (κ2) is 11.6. The van der Waals surface area contributed by atoms with Crippen LogP contribution in [0.15, 0.2) is 47.5 Å². The van der Waals surface area contributed by atoms with Gasteiger partial charge in [0.15, 0.2) is 5.96 Å². The summed E-state index contributed by atoms with van der Waals surface area (Å²) in [4.78, 5) is 16.3. The number of nitrogens with zero attached hydrogens (tertiary/aromatic N) is 1. The SMILES string of the molecule is CCNC(=NCCc1ccc(OC)cc1O)NCCc1cccc(C(=O)NC)c1. The molecule has 0 spiro atoms. The van der Waals surface area contributed by atoms with Crippen LogP contribution in [-0.2, 0) is 12.8 Å². The Morgan fingerprint density at radius 3 is 2.66 bits per heavy atom. The van der Waals surface area contributed by atoms with Crippen LogP contribution in [0.3, 0.4) is 0 Å². The highest BCUT2D eigenvalue weighted by Gasteiger charge is 2.05. The van der Waals surface area contributed by atoms with Crippen molar-refractivity contribution in [3.8, 4) is 11.5 Å². The first-order valence-electron chi connectivity index (χ1n) is 9.76. The Kier molecular flexibility index (Phi) is 8.82. The molecule has 0 radical (unpaired) electrons. The highest BCUT2D eigenvalue weighted by molar-refractivity contribution is 5.94. The van der Waals surface area contributed by atoms with Gasteiger partial charge in [0, 0.05) is 38.3 Å². The lowest BCUT2D eigenvalue weighted by Crippen LogP contribution is -2.38. The predicted octanol–water partition coefficient (Wildman–Crippen LogP) is 2.10. The molecule has 0 saturated carbocycles. The zero-order valence-electron chi connectivity index (χ0n) is 17.3. The summed E-state index contributed by atoms with van der Waals surface area (Å²) in [6.07, 6.45) is 1.40. The minimum absolute atomic E-state index is 0.0866. The van der Waals surface area contributed by atoms with Gasteiger partial charge in [-0.1, -0.05) is 18.2 Å². The summed E-state index contributed by atoms with van der Waals surface area (Å²) >= 11 is 0. The van der Waals surface area contributed by atoms with Crippen LogP contribution in [0.25, 0.3) is 0 Å². The second-order valence-corrected chi connectivity index (χ2v) is 6.46. The summed E-state index contributed by atoms with van der Waals surface area (Å²) in [5.41, 5.74) is 2.57. The van der Waals surface area contributed by atoms with E-state index in [0.717, 1.165) is 30.1 Å². The molecule has 4 N–H and O–H groups in total. The Balaban J connectivity index is 1.88. The number of aromatic hydroxyl groups is 1. The van der Waals surface area contributed by atoms with Gasteiger partial charge in [-0.25, -0.2) is 0 Å². The number of ether oxygens (including phenoxy) is 1. The van der Waals surface area contributed by atoms with E-state index < -0.39 is 0 Å². The van der Waals surface area contributed by atoms with Crippen molar-refractivity contribution in [2.24, 2.45) is 4.99 Å². The van der Waals surface area contributed by atoms with E-state index >= 15 is 0 Å². The Hall–Kier alpha value is -3.22. The van der Waals surface area contributed by atoms with Gasteiger partial charge in [-0.3, -0.25) is 9.79 Å². The van der Waals surface area contributed by atoms with Gasteiger partial charge in [0.05, 0.1) is 7.11 Å². The van der Waals surface area contributed by atoms with Crippen molar-refractivity contribution in [2.75, 3.05) is 33.8 Å². The van der Waals surface area contributed by atoms with E-state index in [0.29, 0.717) is 30.8 Å². The van der Waals surface area contributed by atoms with E-state index in [-0.39, 0.29) is 11.7 Å². The third-order valence-electron chi connectivity index (χ3n) is 4.41. The standard InChI is InChI=1S/C22H30N4O3/c1-4-24-22(26-13-11-17-8-9-19(29-3)15-20(17)27)25-12-10-16-6-5-7-18(14-16)21(28)23-2/h5-9,14-15,27H,4,10-13H2,1-3H3,(H,23,28)(H2,24,25,26). The van der Waals surface area contributed by atoms with Crippen molar-refractivity contribution >= 4 is 11.9 Å². The predicted molar refractivity (Wildman–Crippen MR) is 116 cm³/mol. The van der Waals surface area contributed by atoms with Gasteiger partial charge in [-0.2, -0.15) is 0 Å². The number of rotatable bonds is 9. The zero-order chi connectivity index (χ0) is 21.1. The summed E-state index contributed by atoms with van der Waals surface area (Å²) in [7, 11) is 3.20. The summed E-state index contributed by atoms with van der Waals surface area (Å²) in [5, 5.41) is 19.2. The first kappa shape index (κ1) is 22.1. The maximum Gasteiger partial charge on any atom is 0.251 e. The van der Waals surface area contributed by atoms with Crippen molar-refractivity contribution in [3.05, 3.63) is 59.2 Å². The number of methoxy groups -OCH3 is 1. The van der Waals surface area contributed by atoms with Crippen LogP contribution in [0.5, 0.6) is 11.5 Å². The molecule has 0 heterocycles. The second-order valence-electron chi connectivity index (χ2n) is 6.46. The molecule has 0 saturated heterocycles. The highest BCUT2D eigenvalue weighted by atomic mass is 16.5. The minimum Gasteiger partial charge on any atom is -0.508 e. The molecule has 156 valence electrons. The molecule has 0 aliphatic rings. The number of hydrogen-bond acceptors (Lipinski definition) is 4. The number of hydrogen-bond donors (Lipinski definition) is 4. The molecule has 29 heavy (non-hydrogen) atoms. The van der Waals surface area contributed by atoms with Gasteiger partial charge < -0.3 is 25.8 Å². The molecule has 2 rings (SSSR count). The van der Waals surface area contributed by atoms with Gasteiger partial charge in [0.2, 0.25) is 0 Å². The molecule has 0 aromatic heterocycles. The number of carbonyl (C=O) groups excluding carboxylic acids is 1. The average molecular weight is 399 g/mol. The van der Waals surface area contributed by atoms with E-state index in [9.17, 15) is 9.90 Å². The van der Waals surface area contributed by atoms with Crippen molar-refractivity contribution in [1.29, 1.82) is 0 Å². The zero-order valence-corrected chi connectivity index (χ0v) is 17.3. The maximum absolute atomic E-state index is 11.7. The van der Waals surface area contributed by atoms with Crippen LogP contribution in [0.4, 0.5) is 0 Å². The lowest BCUT2D eigenvalue weighted by atomic mass is 10.1. The molecule has 0 fully saturated rings. The van der Waals surface area contributed by atoms with Crippen molar-refractivity contribution in [3.63, 3.8) is 0 Å². The third-order valence-corrected chi connectivity index (χ3v) is 4.41. The minimum atomic E-state index is -0.0866. The van der Waals surface area contributed by atoms with Crippen LogP contribution in [0.1, 0.15) is 28.4 Å². The molecule has 0 aliphatic heterocycles. The van der Waals surface area contributed by atoms with Crippen molar-refractivity contribution in [2.45, 2.75) is 19.8 Å². The Bertz CT molecular complexity index is 837. The molecule has 0 bridgehead atoms. The van der Waals surface area contributed by atoms with Crippen molar-refractivity contribution in [1.82, 2.24) is 16.0 Å². The number of phenolic OH excluding ortho intramolecular Hbond substituents is 1. The molecule has 7 nitrogen and oxygen atoms in total. The van der Waals surface area contributed by atoms with E-state index in [2.05, 4.69) is 20.9 Å². The fourth-order valence-corrected chi connectivity index (χ4v) is 2.85. The van der Waals surface area contributed by atoms with Gasteiger partial charge in [0.1, 0.15) is 11.5 Å².